The maximum atomic E-state index is 6.01. The molecule has 2 heterocycles. The first-order chi connectivity index (χ1) is 12.8. The van der Waals surface area contributed by atoms with Crippen LogP contribution < -0.4 is 10.1 Å². The normalized spacial score (nSPS) is 16.3. The number of hydrogen-bond acceptors (Lipinski definition) is 4. The predicted molar refractivity (Wildman–Crippen MR) is 106 cm³/mol. The van der Waals surface area contributed by atoms with Crippen molar-refractivity contribution in [2.45, 2.75) is 39.3 Å². The van der Waals surface area contributed by atoms with Gasteiger partial charge in [-0.15, -0.1) is 0 Å². The van der Waals surface area contributed by atoms with Gasteiger partial charge in [-0.05, 0) is 50.5 Å². The first kappa shape index (κ1) is 18.9. The van der Waals surface area contributed by atoms with E-state index in [0.717, 1.165) is 24.4 Å². The smallest absolute Gasteiger partial charge is 0.124 e. The van der Waals surface area contributed by atoms with Crippen molar-refractivity contribution < 1.29 is 4.74 Å². The Kier molecular flexibility index (Phi) is 7.47. The van der Waals surface area contributed by atoms with E-state index >= 15 is 0 Å². The lowest BCUT2D eigenvalue weighted by molar-refractivity contribution is 0.199. The van der Waals surface area contributed by atoms with Gasteiger partial charge < -0.3 is 15.0 Å². The number of benzene rings is 1. The number of rotatable bonds is 9. The summed E-state index contributed by atoms with van der Waals surface area (Å²) in [6.45, 7) is 8.51. The predicted octanol–water partition coefficient (Wildman–Crippen LogP) is 3.87. The zero-order valence-electron chi connectivity index (χ0n) is 15.9. The molecule has 1 unspecified atom stereocenters. The summed E-state index contributed by atoms with van der Waals surface area (Å²) in [6.07, 6.45) is 7.76. The second kappa shape index (κ2) is 10.3. The molecule has 0 aliphatic carbocycles. The van der Waals surface area contributed by atoms with Crippen molar-refractivity contribution in [3.8, 4) is 5.75 Å². The maximum absolute atomic E-state index is 6.01. The second-order valence-corrected chi connectivity index (χ2v) is 7.36. The van der Waals surface area contributed by atoms with Crippen LogP contribution in [-0.4, -0.2) is 36.1 Å². The number of nitrogens with one attached hydrogen (secondary N) is 1. The van der Waals surface area contributed by atoms with Gasteiger partial charge in [0.1, 0.15) is 12.4 Å². The van der Waals surface area contributed by atoms with Gasteiger partial charge in [-0.1, -0.05) is 37.6 Å². The van der Waals surface area contributed by atoms with Crippen molar-refractivity contribution in [2.75, 3.05) is 26.2 Å². The lowest BCUT2D eigenvalue weighted by Crippen LogP contribution is -2.36. The Morgan fingerprint density at radius 2 is 1.96 bits per heavy atom. The molecule has 1 aromatic heterocycles. The fraction of sp³-hybridized carbons (Fsp3) is 0.500. The Morgan fingerprint density at radius 1 is 1.12 bits per heavy atom. The van der Waals surface area contributed by atoms with Crippen molar-refractivity contribution in [3.05, 3.63) is 59.9 Å². The molecule has 0 bridgehead atoms. The van der Waals surface area contributed by atoms with Crippen LogP contribution in [0.4, 0.5) is 0 Å². The van der Waals surface area contributed by atoms with E-state index in [0.29, 0.717) is 12.5 Å². The summed E-state index contributed by atoms with van der Waals surface area (Å²) < 4.78 is 6.01. The van der Waals surface area contributed by atoms with Crippen LogP contribution in [0.2, 0.25) is 0 Å². The Balaban J connectivity index is 1.44. The number of hydrogen-bond donors (Lipinski definition) is 1. The van der Waals surface area contributed by atoms with Gasteiger partial charge in [0.15, 0.2) is 0 Å². The minimum Gasteiger partial charge on any atom is -0.489 e. The van der Waals surface area contributed by atoms with E-state index in [1.54, 1.807) is 6.20 Å². The third-order valence-electron chi connectivity index (χ3n) is 4.92. The summed E-state index contributed by atoms with van der Waals surface area (Å²) in [5.41, 5.74) is 2.30. The van der Waals surface area contributed by atoms with Gasteiger partial charge in [0.2, 0.25) is 0 Å². The fourth-order valence-electron chi connectivity index (χ4n) is 3.54. The Morgan fingerprint density at radius 3 is 2.77 bits per heavy atom. The average Bonchev–Trinajstić information content (AvgIpc) is 2.69. The first-order valence-electron chi connectivity index (χ1n) is 9.84. The van der Waals surface area contributed by atoms with E-state index in [1.807, 2.05) is 30.5 Å². The van der Waals surface area contributed by atoms with Crippen molar-refractivity contribution in [2.24, 2.45) is 5.92 Å². The Bertz CT molecular complexity index is 641. The summed E-state index contributed by atoms with van der Waals surface area (Å²) >= 11 is 0. The minimum atomic E-state index is 0.552. The lowest BCUT2D eigenvalue weighted by atomic mass is 10.1. The van der Waals surface area contributed by atoms with Crippen LogP contribution in [0.5, 0.6) is 5.75 Å². The molecular formula is C22H31N3O. The summed E-state index contributed by atoms with van der Waals surface area (Å²) in [6, 6.07) is 12.3. The van der Waals surface area contributed by atoms with Gasteiger partial charge in [-0.3, -0.25) is 4.98 Å². The molecule has 0 radical (unpaired) electrons. The summed E-state index contributed by atoms with van der Waals surface area (Å²) in [5, 5.41) is 3.61. The number of para-hydroxylation sites is 1. The van der Waals surface area contributed by atoms with Crippen LogP contribution in [0.25, 0.3) is 0 Å². The summed E-state index contributed by atoms with van der Waals surface area (Å²) in [4.78, 5) is 6.75. The van der Waals surface area contributed by atoms with Crippen molar-refractivity contribution in [1.29, 1.82) is 0 Å². The standard InChI is InChI=1S/C22H31N3O/c1-19(17-25-12-5-2-6-13-25)14-24-16-21-9-3-4-10-22(21)26-18-20-8-7-11-23-15-20/h3-4,7-11,15,19,24H,2,5-6,12-14,16-18H2,1H3. The highest BCUT2D eigenvalue weighted by Gasteiger charge is 2.13. The monoisotopic (exact) mass is 353 g/mol. The van der Waals surface area contributed by atoms with E-state index in [2.05, 4.69) is 34.3 Å². The lowest BCUT2D eigenvalue weighted by Gasteiger charge is -2.29. The number of likely N-dealkylation sites (tertiary alicyclic amines) is 1. The van der Waals surface area contributed by atoms with E-state index in [9.17, 15) is 0 Å². The van der Waals surface area contributed by atoms with Crippen molar-refractivity contribution >= 4 is 0 Å². The molecule has 26 heavy (non-hydrogen) atoms. The molecular weight excluding hydrogens is 322 g/mol. The first-order valence-corrected chi connectivity index (χ1v) is 9.84. The quantitative estimate of drug-likeness (QED) is 0.742. The van der Waals surface area contributed by atoms with Gasteiger partial charge >= 0.3 is 0 Å². The molecule has 1 atom stereocenters. The molecule has 1 N–H and O–H groups in total. The van der Waals surface area contributed by atoms with Crippen LogP contribution in [0.3, 0.4) is 0 Å². The van der Waals surface area contributed by atoms with Gasteiger partial charge in [-0.2, -0.15) is 0 Å². The molecule has 2 aromatic rings. The average molecular weight is 354 g/mol. The highest BCUT2D eigenvalue weighted by molar-refractivity contribution is 5.33. The van der Waals surface area contributed by atoms with Gasteiger partial charge in [0.25, 0.3) is 0 Å². The zero-order chi connectivity index (χ0) is 18.0. The third-order valence-corrected chi connectivity index (χ3v) is 4.92. The van der Waals surface area contributed by atoms with E-state index in [1.165, 1.54) is 44.5 Å². The fourth-order valence-corrected chi connectivity index (χ4v) is 3.54. The van der Waals surface area contributed by atoms with Crippen LogP contribution in [0.1, 0.15) is 37.3 Å². The van der Waals surface area contributed by atoms with E-state index in [4.69, 9.17) is 4.74 Å². The molecule has 3 rings (SSSR count). The van der Waals surface area contributed by atoms with Crippen LogP contribution in [0.15, 0.2) is 48.8 Å². The number of piperidine rings is 1. The maximum Gasteiger partial charge on any atom is 0.124 e. The molecule has 1 aliphatic rings. The second-order valence-electron chi connectivity index (χ2n) is 7.36. The largest absolute Gasteiger partial charge is 0.489 e. The van der Waals surface area contributed by atoms with Gasteiger partial charge in [0.05, 0.1) is 0 Å². The molecule has 1 aromatic carbocycles. The molecule has 140 valence electrons. The number of nitrogens with zero attached hydrogens (tertiary/aromatic N) is 2. The molecule has 0 amide bonds. The molecule has 1 fully saturated rings. The summed E-state index contributed by atoms with van der Waals surface area (Å²) in [5.74, 6) is 1.61. The SMILES string of the molecule is CC(CNCc1ccccc1OCc1cccnc1)CN1CCCCC1. The van der Waals surface area contributed by atoms with Crippen molar-refractivity contribution in [3.63, 3.8) is 0 Å². The van der Waals surface area contributed by atoms with E-state index in [-0.39, 0.29) is 0 Å². The number of pyridine rings is 1. The highest BCUT2D eigenvalue weighted by atomic mass is 16.5. The van der Waals surface area contributed by atoms with Gasteiger partial charge in [0, 0.05) is 36.6 Å². The Hall–Kier alpha value is -1.91. The molecule has 1 saturated heterocycles. The topological polar surface area (TPSA) is 37.4 Å². The summed E-state index contributed by atoms with van der Waals surface area (Å²) in [7, 11) is 0. The van der Waals surface area contributed by atoms with Crippen LogP contribution in [0, 0.1) is 5.92 Å². The molecule has 4 nitrogen and oxygen atoms in total. The minimum absolute atomic E-state index is 0.552. The molecule has 4 heteroatoms. The third kappa shape index (κ3) is 6.11. The van der Waals surface area contributed by atoms with Crippen molar-refractivity contribution in [1.82, 2.24) is 15.2 Å². The molecule has 0 spiro atoms. The highest BCUT2D eigenvalue weighted by Crippen LogP contribution is 2.19. The molecule has 0 saturated carbocycles. The van der Waals surface area contributed by atoms with Crippen LogP contribution >= 0.6 is 0 Å². The Labute approximate surface area is 157 Å². The number of ether oxygens (including phenoxy) is 1. The molecule has 1 aliphatic heterocycles. The van der Waals surface area contributed by atoms with E-state index < -0.39 is 0 Å². The zero-order valence-corrected chi connectivity index (χ0v) is 15.9. The van der Waals surface area contributed by atoms with Gasteiger partial charge in [-0.25, -0.2) is 0 Å². The number of aromatic nitrogens is 1. The van der Waals surface area contributed by atoms with Crippen LogP contribution in [-0.2, 0) is 13.2 Å².